The molecule has 1 N–H and O–H groups in total. The molecule has 1 atom stereocenters. The van der Waals surface area contributed by atoms with Crippen LogP contribution in [0.3, 0.4) is 0 Å². The molecule has 0 saturated carbocycles. The van der Waals surface area contributed by atoms with Crippen LogP contribution in [0, 0.1) is 10.1 Å². The second-order valence-electron chi connectivity index (χ2n) is 5.78. The van der Waals surface area contributed by atoms with E-state index in [0.717, 1.165) is 0 Å². The topological polar surface area (TPSA) is 81.5 Å². The summed E-state index contributed by atoms with van der Waals surface area (Å²) in [6.45, 7) is 5.83. The normalized spacial score (nSPS) is 11.8. The summed E-state index contributed by atoms with van der Waals surface area (Å²) in [4.78, 5) is 22.3. The van der Waals surface area contributed by atoms with Gasteiger partial charge in [0.05, 0.1) is 4.92 Å². The SMILES string of the molecule is CC(C)c1ccc(NC(=O)[C@@H](C)Oc2ccc([N+](=O)[O-])cc2)cc1. The van der Waals surface area contributed by atoms with E-state index >= 15 is 0 Å². The molecule has 0 aliphatic carbocycles. The first-order valence-corrected chi connectivity index (χ1v) is 7.68. The van der Waals surface area contributed by atoms with Gasteiger partial charge in [0.15, 0.2) is 6.10 Å². The van der Waals surface area contributed by atoms with Crippen LogP contribution in [0.15, 0.2) is 48.5 Å². The summed E-state index contributed by atoms with van der Waals surface area (Å²) < 4.78 is 5.51. The Kier molecular flexibility index (Phi) is 5.52. The van der Waals surface area contributed by atoms with E-state index in [2.05, 4.69) is 19.2 Å². The third kappa shape index (κ3) is 4.55. The van der Waals surface area contributed by atoms with Gasteiger partial charge in [-0.25, -0.2) is 0 Å². The van der Waals surface area contributed by atoms with Crippen molar-refractivity contribution in [2.24, 2.45) is 0 Å². The van der Waals surface area contributed by atoms with Crippen LogP contribution >= 0.6 is 0 Å². The molecule has 0 unspecified atom stereocenters. The summed E-state index contributed by atoms with van der Waals surface area (Å²) in [7, 11) is 0. The minimum absolute atomic E-state index is 0.0234. The zero-order valence-electron chi connectivity index (χ0n) is 13.9. The molecule has 126 valence electrons. The van der Waals surface area contributed by atoms with Crippen LogP contribution in [-0.2, 0) is 4.79 Å². The van der Waals surface area contributed by atoms with Crippen molar-refractivity contribution in [2.45, 2.75) is 32.8 Å². The lowest BCUT2D eigenvalue weighted by Crippen LogP contribution is -2.30. The summed E-state index contributed by atoms with van der Waals surface area (Å²) in [5, 5.41) is 13.4. The van der Waals surface area contributed by atoms with Gasteiger partial charge in [0.1, 0.15) is 5.75 Å². The molecule has 0 radical (unpaired) electrons. The van der Waals surface area contributed by atoms with Crippen LogP contribution in [0.25, 0.3) is 0 Å². The largest absolute Gasteiger partial charge is 0.481 e. The number of nitrogens with one attached hydrogen (secondary N) is 1. The lowest BCUT2D eigenvalue weighted by molar-refractivity contribution is -0.384. The molecule has 2 aromatic rings. The van der Waals surface area contributed by atoms with E-state index in [9.17, 15) is 14.9 Å². The molecule has 0 fully saturated rings. The third-order valence-electron chi connectivity index (χ3n) is 3.57. The standard InChI is InChI=1S/C18H20N2O4/c1-12(2)14-4-6-15(7-5-14)19-18(21)13(3)24-17-10-8-16(9-11-17)20(22)23/h4-13H,1-3H3,(H,19,21)/t13-/m1/s1. The Balaban J connectivity index is 1.95. The van der Waals surface area contributed by atoms with Gasteiger partial charge >= 0.3 is 0 Å². The summed E-state index contributed by atoms with van der Waals surface area (Å²) in [5.41, 5.74) is 1.87. The average Bonchev–Trinajstić information content (AvgIpc) is 2.55. The fourth-order valence-corrected chi connectivity index (χ4v) is 2.10. The van der Waals surface area contributed by atoms with Crippen molar-refractivity contribution in [1.29, 1.82) is 0 Å². The van der Waals surface area contributed by atoms with E-state index < -0.39 is 11.0 Å². The van der Waals surface area contributed by atoms with Crippen LogP contribution in [0.2, 0.25) is 0 Å². The lowest BCUT2D eigenvalue weighted by atomic mass is 10.0. The number of carbonyl (C=O) groups excluding carboxylic acids is 1. The first kappa shape index (κ1) is 17.5. The average molecular weight is 328 g/mol. The highest BCUT2D eigenvalue weighted by Gasteiger charge is 2.15. The Bertz CT molecular complexity index is 709. The Morgan fingerprint density at radius 1 is 1.04 bits per heavy atom. The summed E-state index contributed by atoms with van der Waals surface area (Å²) >= 11 is 0. The van der Waals surface area contributed by atoms with E-state index in [1.54, 1.807) is 6.92 Å². The monoisotopic (exact) mass is 328 g/mol. The molecule has 0 bridgehead atoms. The highest BCUT2D eigenvalue weighted by atomic mass is 16.6. The van der Waals surface area contributed by atoms with Gasteiger partial charge in [0.25, 0.3) is 11.6 Å². The second kappa shape index (κ2) is 7.59. The van der Waals surface area contributed by atoms with E-state index in [4.69, 9.17) is 4.74 Å². The Labute approximate surface area is 140 Å². The molecule has 0 saturated heterocycles. The number of non-ortho nitro benzene ring substituents is 1. The number of nitro groups is 1. The molecule has 2 aromatic carbocycles. The molecule has 24 heavy (non-hydrogen) atoms. The first-order chi connectivity index (χ1) is 11.4. The maximum atomic E-state index is 12.2. The number of benzene rings is 2. The first-order valence-electron chi connectivity index (χ1n) is 7.68. The number of hydrogen-bond donors (Lipinski definition) is 1. The van der Waals surface area contributed by atoms with E-state index in [1.165, 1.54) is 29.8 Å². The van der Waals surface area contributed by atoms with Gasteiger partial charge in [-0.3, -0.25) is 14.9 Å². The molecular formula is C18H20N2O4. The molecule has 0 aliphatic heterocycles. The summed E-state index contributed by atoms with van der Waals surface area (Å²) in [6.07, 6.45) is -0.726. The number of hydrogen-bond acceptors (Lipinski definition) is 4. The highest BCUT2D eigenvalue weighted by Crippen LogP contribution is 2.20. The molecule has 6 heteroatoms. The van der Waals surface area contributed by atoms with Crippen molar-refractivity contribution >= 4 is 17.3 Å². The summed E-state index contributed by atoms with van der Waals surface area (Å²) in [5.74, 6) is 0.545. The fraction of sp³-hybridized carbons (Fsp3) is 0.278. The number of nitro benzene ring substituents is 1. The fourth-order valence-electron chi connectivity index (χ4n) is 2.10. The van der Waals surface area contributed by atoms with E-state index in [1.807, 2.05) is 24.3 Å². The van der Waals surface area contributed by atoms with Crippen molar-refractivity contribution in [3.63, 3.8) is 0 Å². The quantitative estimate of drug-likeness (QED) is 0.638. The van der Waals surface area contributed by atoms with E-state index in [0.29, 0.717) is 17.4 Å². The number of amides is 1. The molecule has 1 amide bonds. The number of rotatable bonds is 6. The van der Waals surface area contributed by atoms with Gasteiger partial charge in [0.2, 0.25) is 0 Å². The maximum Gasteiger partial charge on any atom is 0.269 e. The van der Waals surface area contributed by atoms with Crippen molar-refractivity contribution in [2.75, 3.05) is 5.32 Å². The second-order valence-corrected chi connectivity index (χ2v) is 5.78. The van der Waals surface area contributed by atoms with Gasteiger partial charge in [-0.15, -0.1) is 0 Å². The van der Waals surface area contributed by atoms with Crippen molar-refractivity contribution in [3.8, 4) is 5.75 Å². The Morgan fingerprint density at radius 2 is 1.62 bits per heavy atom. The Morgan fingerprint density at radius 3 is 2.12 bits per heavy atom. The van der Waals surface area contributed by atoms with Gasteiger partial charge < -0.3 is 10.1 Å². The minimum Gasteiger partial charge on any atom is -0.481 e. The van der Waals surface area contributed by atoms with Crippen molar-refractivity contribution in [3.05, 3.63) is 64.2 Å². The number of ether oxygens (including phenoxy) is 1. The van der Waals surface area contributed by atoms with Gasteiger partial charge in [0, 0.05) is 17.8 Å². The summed E-state index contributed by atoms with van der Waals surface area (Å²) in [6, 6.07) is 13.3. The molecular weight excluding hydrogens is 308 g/mol. The lowest BCUT2D eigenvalue weighted by Gasteiger charge is -2.15. The minimum atomic E-state index is -0.726. The maximum absolute atomic E-state index is 12.2. The number of carbonyl (C=O) groups is 1. The zero-order valence-corrected chi connectivity index (χ0v) is 13.9. The molecule has 0 heterocycles. The van der Waals surface area contributed by atoms with Crippen LogP contribution in [0.5, 0.6) is 5.75 Å². The number of nitrogens with zero attached hydrogens (tertiary/aromatic N) is 1. The zero-order chi connectivity index (χ0) is 17.7. The van der Waals surface area contributed by atoms with Crippen LogP contribution in [0.1, 0.15) is 32.3 Å². The van der Waals surface area contributed by atoms with E-state index in [-0.39, 0.29) is 11.6 Å². The molecule has 0 aliphatic rings. The smallest absolute Gasteiger partial charge is 0.269 e. The van der Waals surface area contributed by atoms with Crippen LogP contribution < -0.4 is 10.1 Å². The highest BCUT2D eigenvalue weighted by molar-refractivity contribution is 5.94. The van der Waals surface area contributed by atoms with Gasteiger partial charge in [-0.05, 0) is 42.7 Å². The number of anilines is 1. The Hall–Kier alpha value is -2.89. The van der Waals surface area contributed by atoms with Crippen LogP contribution in [-0.4, -0.2) is 16.9 Å². The molecule has 0 spiro atoms. The predicted molar refractivity (Wildman–Crippen MR) is 92.3 cm³/mol. The third-order valence-corrected chi connectivity index (χ3v) is 3.57. The molecule has 6 nitrogen and oxygen atoms in total. The van der Waals surface area contributed by atoms with Gasteiger partial charge in [-0.2, -0.15) is 0 Å². The molecule has 0 aromatic heterocycles. The van der Waals surface area contributed by atoms with Crippen LogP contribution in [0.4, 0.5) is 11.4 Å². The van der Waals surface area contributed by atoms with Crippen molar-refractivity contribution < 1.29 is 14.5 Å². The predicted octanol–water partition coefficient (Wildman–Crippen LogP) is 4.12. The molecule has 2 rings (SSSR count). The van der Waals surface area contributed by atoms with Crippen molar-refractivity contribution in [1.82, 2.24) is 0 Å². The van der Waals surface area contributed by atoms with Gasteiger partial charge in [-0.1, -0.05) is 26.0 Å².